The van der Waals surface area contributed by atoms with Gasteiger partial charge in [0.05, 0.1) is 6.67 Å². The first kappa shape index (κ1) is 11.4. The Labute approximate surface area is 93.6 Å². The van der Waals surface area contributed by atoms with Gasteiger partial charge in [-0.3, -0.25) is 4.39 Å². The summed E-state index contributed by atoms with van der Waals surface area (Å²) >= 11 is 0. The first-order valence-corrected chi connectivity index (χ1v) is 6.82. The Kier molecular flexibility index (Phi) is 3.69. The van der Waals surface area contributed by atoms with Crippen LogP contribution < -0.4 is 0 Å². The summed E-state index contributed by atoms with van der Waals surface area (Å²) in [5.74, 6) is 4.03. The van der Waals surface area contributed by atoms with Crippen LogP contribution in [0.3, 0.4) is 0 Å². The maximum absolute atomic E-state index is 12.7. The highest BCUT2D eigenvalue weighted by Gasteiger charge is 2.39. The van der Waals surface area contributed by atoms with E-state index < -0.39 is 0 Å². The van der Waals surface area contributed by atoms with Crippen molar-refractivity contribution >= 4 is 0 Å². The molecule has 0 nitrogen and oxygen atoms in total. The lowest BCUT2D eigenvalue weighted by atomic mass is 9.60. The molecule has 2 aliphatic rings. The van der Waals surface area contributed by atoms with Crippen LogP contribution in [0.2, 0.25) is 0 Å². The largest absolute Gasteiger partial charge is 0.251 e. The molecule has 0 spiro atoms. The van der Waals surface area contributed by atoms with E-state index in [2.05, 4.69) is 13.8 Å². The van der Waals surface area contributed by atoms with Gasteiger partial charge >= 0.3 is 0 Å². The minimum atomic E-state index is -0.0746. The van der Waals surface area contributed by atoms with Crippen molar-refractivity contribution in [3.63, 3.8) is 0 Å². The van der Waals surface area contributed by atoms with Gasteiger partial charge in [0, 0.05) is 0 Å². The van der Waals surface area contributed by atoms with Crippen molar-refractivity contribution in [1.82, 2.24) is 0 Å². The van der Waals surface area contributed by atoms with E-state index in [-0.39, 0.29) is 6.67 Å². The van der Waals surface area contributed by atoms with Crippen LogP contribution in [0.25, 0.3) is 0 Å². The third-order valence-corrected chi connectivity index (χ3v) is 5.22. The Morgan fingerprint density at radius 2 is 1.93 bits per heavy atom. The molecule has 88 valence electrons. The fourth-order valence-corrected chi connectivity index (χ4v) is 4.17. The summed E-state index contributed by atoms with van der Waals surface area (Å²) in [5.41, 5.74) is 0. The molecule has 0 amide bonds. The molecule has 5 unspecified atom stereocenters. The summed E-state index contributed by atoms with van der Waals surface area (Å²) in [7, 11) is 0. The van der Waals surface area contributed by atoms with Crippen LogP contribution in [0.15, 0.2) is 0 Å². The smallest absolute Gasteiger partial charge is 0.0922 e. The van der Waals surface area contributed by atoms with Crippen molar-refractivity contribution in [3.8, 4) is 0 Å². The molecule has 0 aromatic heterocycles. The molecule has 0 heterocycles. The molecule has 5 atom stereocenters. The second-order valence-corrected chi connectivity index (χ2v) is 5.86. The average Bonchev–Trinajstić information content (AvgIpc) is 2.29. The zero-order valence-corrected chi connectivity index (χ0v) is 10.2. The number of rotatable bonds is 2. The molecule has 2 aliphatic carbocycles. The SMILES string of the molecule is CCC1CCC2CC(CF)CCC2C1C. The molecule has 0 aromatic rings. The number of hydrogen-bond donors (Lipinski definition) is 0. The summed E-state index contributed by atoms with van der Waals surface area (Å²) in [6.45, 7) is 4.70. The summed E-state index contributed by atoms with van der Waals surface area (Å²) in [6.07, 6.45) is 7.76. The first-order valence-electron chi connectivity index (χ1n) is 6.82. The minimum Gasteiger partial charge on any atom is -0.251 e. The molecular weight excluding hydrogens is 187 g/mol. The van der Waals surface area contributed by atoms with E-state index in [9.17, 15) is 4.39 Å². The number of alkyl halides is 1. The van der Waals surface area contributed by atoms with E-state index in [1.54, 1.807) is 0 Å². The van der Waals surface area contributed by atoms with Gasteiger partial charge in [-0.05, 0) is 61.7 Å². The zero-order chi connectivity index (χ0) is 10.8. The zero-order valence-electron chi connectivity index (χ0n) is 10.2. The molecule has 15 heavy (non-hydrogen) atoms. The summed E-state index contributed by atoms with van der Waals surface area (Å²) in [5, 5.41) is 0. The second kappa shape index (κ2) is 4.84. The highest BCUT2D eigenvalue weighted by Crippen LogP contribution is 2.48. The van der Waals surface area contributed by atoms with Gasteiger partial charge in [0.15, 0.2) is 0 Å². The highest BCUT2D eigenvalue weighted by atomic mass is 19.1. The van der Waals surface area contributed by atoms with Crippen LogP contribution in [-0.2, 0) is 0 Å². The Morgan fingerprint density at radius 1 is 1.13 bits per heavy atom. The lowest BCUT2D eigenvalue weighted by Crippen LogP contribution is -2.37. The van der Waals surface area contributed by atoms with Crippen LogP contribution in [0.4, 0.5) is 4.39 Å². The standard InChI is InChI=1S/C14H25F/c1-3-12-5-6-13-8-11(9-15)4-7-14(13)10(12)2/h10-14H,3-9H2,1-2H3. The van der Waals surface area contributed by atoms with E-state index in [0.717, 1.165) is 30.1 Å². The minimum absolute atomic E-state index is 0.0746. The first-order chi connectivity index (χ1) is 7.26. The average molecular weight is 212 g/mol. The summed E-state index contributed by atoms with van der Waals surface area (Å²) < 4.78 is 12.7. The maximum Gasteiger partial charge on any atom is 0.0922 e. The lowest BCUT2D eigenvalue weighted by molar-refractivity contribution is 0.0370. The van der Waals surface area contributed by atoms with E-state index in [1.165, 1.54) is 32.1 Å². The molecule has 2 rings (SSSR count). The number of hydrogen-bond acceptors (Lipinski definition) is 0. The molecule has 0 aliphatic heterocycles. The van der Waals surface area contributed by atoms with Crippen molar-refractivity contribution in [3.05, 3.63) is 0 Å². The summed E-state index contributed by atoms with van der Waals surface area (Å²) in [6, 6.07) is 0. The number of halogens is 1. The van der Waals surface area contributed by atoms with Crippen LogP contribution in [0.5, 0.6) is 0 Å². The second-order valence-electron chi connectivity index (χ2n) is 5.86. The molecule has 2 fully saturated rings. The fraction of sp³-hybridized carbons (Fsp3) is 1.00. The van der Waals surface area contributed by atoms with Gasteiger partial charge in [-0.1, -0.05) is 20.3 Å². The van der Waals surface area contributed by atoms with Crippen molar-refractivity contribution in [2.45, 2.75) is 52.4 Å². The molecule has 0 radical (unpaired) electrons. The Bertz CT molecular complexity index is 202. The molecule has 0 bridgehead atoms. The normalized spacial score (nSPS) is 46.2. The maximum atomic E-state index is 12.7. The molecule has 0 N–H and O–H groups in total. The van der Waals surface area contributed by atoms with E-state index in [4.69, 9.17) is 0 Å². The van der Waals surface area contributed by atoms with E-state index >= 15 is 0 Å². The highest BCUT2D eigenvalue weighted by molar-refractivity contribution is 4.89. The summed E-state index contributed by atoms with van der Waals surface area (Å²) in [4.78, 5) is 0. The predicted octanol–water partition coefficient (Wildman–Crippen LogP) is 4.44. The van der Waals surface area contributed by atoms with Crippen molar-refractivity contribution in [2.24, 2.45) is 29.6 Å². The van der Waals surface area contributed by atoms with Gasteiger partial charge in [0.1, 0.15) is 0 Å². The van der Waals surface area contributed by atoms with Gasteiger partial charge in [0.2, 0.25) is 0 Å². The van der Waals surface area contributed by atoms with Crippen LogP contribution in [0, 0.1) is 29.6 Å². The van der Waals surface area contributed by atoms with E-state index in [0.29, 0.717) is 5.92 Å². The van der Waals surface area contributed by atoms with Crippen LogP contribution in [-0.4, -0.2) is 6.67 Å². The van der Waals surface area contributed by atoms with Crippen molar-refractivity contribution in [2.75, 3.05) is 6.67 Å². The van der Waals surface area contributed by atoms with E-state index in [1.807, 2.05) is 0 Å². The van der Waals surface area contributed by atoms with Gasteiger partial charge in [-0.25, -0.2) is 0 Å². The Morgan fingerprint density at radius 3 is 2.60 bits per heavy atom. The molecule has 0 saturated heterocycles. The molecule has 1 heteroatoms. The van der Waals surface area contributed by atoms with Gasteiger partial charge in [-0.15, -0.1) is 0 Å². The van der Waals surface area contributed by atoms with Crippen molar-refractivity contribution < 1.29 is 4.39 Å². The van der Waals surface area contributed by atoms with Crippen LogP contribution >= 0.6 is 0 Å². The van der Waals surface area contributed by atoms with Gasteiger partial charge in [0.25, 0.3) is 0 Å². The molecule has 0 aromatic carbocycles. The third kappa shape index (κ3) is 2.21. The Hall–Kier alpha value is -0.0700. The van der Waals surface area contributed by atoms with Crippen LogP contribution in [0.1, 0.15) is 52.4 Å². The van der Waals surface area contributed by atoms with Gasteiger partial charge < -0.3 is 0 Å². The third-order valence-electron chi connectivity index (χ3n) is 5.22. The topological polar surface area (TPSA) is 0 Å². The van der Waals surface area contributed by atoms with Crippen molar-refractivity contribution in [1.29, 1.82) is 0 Å². The monoisotopic (exact) mass is 212 g/mol. The number of fused-ring (bicyclic) bond motifs is 1. The molecular formula is C14H25F. The van der Waals surface area contributed by atoms with Gasteiger partial charge in [-0.2, -0.15) is 0 Å². The fourth-order valence-electron chi connectivity index (χ4n) is 4.17. The lowest BCUT2D eigenvalue weighted by Gasteiger charge is -2.46. The predicted molar refractivity (Wildman–Crippen MR) is 62.5 cm³/mol. The quantitative estimate of drug-likeness (QED) is 0.634. The Balaban J connectivity index is 1.97. The molecule has 2 saturated carbocycles.